The second kappa shape index (κ2) is 8.35. The van der Waals surface area contributed by atoms with Gasteiger partial charge in [-0.25, -0.2) is 14.5 Å². The molecule has 0 radical (unpaired) electrons. The SMILES string of the molecule is CCn1c([C@@H]2CCCN(c3cccc(C#N)n3)C2)nn(CCN(C)C)c1=O. The quantitative estimate of drug-likeness (QED) is 0.763. The predicted octanol–water partition coefficient (Wildman–Crippen LogP) is 1.28. The number of hydrogen-bond donors (Lipinski definition) is 0. The van der Waals surface area contributed by atoms with Gasteiger partial charge in [0.15, 0.2) is 0 Å². The normalized spacial score (nSPS) is 17.3. The Morgan fingerprint density at radius 3 is 2.89 bits per heavy atom. The highest BCUT2D eigenvalue weighted by Crippen LogP contribution is 2.28. The number of anilines is 1. The van der Waals surface area contributed by atoms with E-state index in [-0.39, 0.29) is 11.6 Å². The largest absolute Gasteiger partial charge is 0.356 e. The van der Waals surface area contributed by atoms with Crippen molar-refractivity contribution in [2.45, 2.75) is 38.8 Å². The van der Waals surface area contributed by atoms with E-state index in [1.165, 1.54) is 0 Å². The second-order valence-corrected chi connectivity index (χ2v) is 7.19. The number of likely N-dealkylation sites (N-methyl/N-ethyl adjacent to an activating group) is 1. The van der Waals surface area contributed by atoms with Crippen LogP contribution in [0.3, 0.4) is 0 Å². The summed E-state index contributed by atoms with van der Waals surface area (Å²) in [5, 5.41) is 13.8. The lowest BCUT2D eigenvalue weighted by Gasteiger charge is -2.33. The minimum Gasteiger partial charge on any atom is -0.356 e. The Hall–Kier alpha value is -2.66. The highest BCUT2D eigenvalue weighted by molar-refractivity contribution is 5.42. The molecule has 0 N–H and O–H groups in total. The molecule has 0 bridgehead atoms. The van der Waals surface area contributed by atoms with Crippen molar-refractivity contribution < 1.29 is 0 Å². The average molecular weight is 369 g/mol. The Morgan fingerprint density at radius 1 is 1.37 bits per heavy atom. The van der Waals surface area contributed by atoms with E-state index in [0.29, 0.717) is 18.8 Å². The maximum Gasteiger partial charge on any atom is 0.345 e. The van der Waals surface area contributed by atoms with Crippen LogP contribution >= 0.6 is 0 Å². The summed E-state index contributed by atoms with van der Waals surface area (Å²) >= 11 is 0. The van der Waals surface area contributed by atoms with E-state index in [4.69, 9.17) is 5.26 Å². The van der Waals surface area contributed by atoms with E-state index in [9.17, 15) is 4.79 Å². The van der Waals surface area contributed by atoms with E-state index in [1.54, 1.807) is 15.3 Å². The molecule has 8 heteroatoms. The summed E-state index contributed by atoms with van der Waals surface area (Å²) in [6, 6.07) is 7.61. The maximum atomic E-state index is 12.7. The molecule has 3 heterocycles. The highest BCUT2D eigenvalue weighted by Gasteiger charge is 2.27. The molecule has 144 valence electrons. The summed E-state index contributed by atoms with van der Waals surface area (Å²) < 4.78 is 3.38. The van der Waals surface area contributed by atoms with Gasteiger partial charge in [0.1, 0.15) is 23.4 Å². The maximum absolute atomic E-state index is 12.7. The van der Waals surface area contributed by atoms with E-state index in [0.717, 1.165) is 44.1 Å². The van der Waals surface area contributed by atoms with Gasteiger partial charge in [0, 0.05) is 32.1 Å². The Bertz CT molecular complexity index is 877. The third kappa shape index (κ3) is 4.19. The number of rotatable bonds is 6. The lowest BCUT2D eigenvalue weighted by atomic mass is 9.97. The molecule has 0 amide bonds. The van der Waals surface area contributed by atoms with Crippen LogP contribution in [0, 0.1) is 11.3 Å². The molecule has 0 aromatic carbocycles. The fraction of sp³-hybridized carbons (Fsp3) is 0.579. The number of aromatic nitrogens is 4. The molecule has 2 aromatic heterocycles. The smallest absolute Gasteiger partial charge is 0.345 e. The lowest BCUT2D eigenvalue weighted by Crippen LogP contribution is -2.36. The Labute approximate surface area is 159 Å². The molecule has 0 aliphatic carbocycles. The van der Waals surface area contributed by atoms with Gasteiger partial charge in [0.2, 0.25) is 0 Å². The standard InChI is InChI=1S/C19H27N7O/c1-4-25-18(22-26(19(25)27)12-11-23(2)3)15-7-6-10-24(14-15)17-9-5-8-16(13-20)21-17/h5,8-9,15H,4,6-7,10-12,14H2,1-3H3/t15-/m1/s1. The summed E-state index contributed by atoms with van der Waals surface area (Å²) in [5.41, 5.74) is 0.393. The zero-order valence-electron chi connectivity index (χ0n) is 16.3. The summed E-state index contributed by atoms with van der Waals surface area (Å²) in [7, 11) is 3.98. The molecular formula is C19H27N7O. The zero-order chi connectivity index (χ0) is 19.4. The van der Waals surface area contributed by atoms with E-state index in [2.05, 4.69) is 21.1 Å². The molecule has 0 spiro atoms. The molecule has 27 heavy (non-hydrogen) atoms. The first kappa shape index (κ1) is 19.1. The molecule has 1 saturated heterocycles. The van der Waals surface area contributed by atoms with Gasteiger partial charge in [-0.3, -0.25) is 4.57 Å². The first-order valence-electron chi connectivity index (χ1n) is 9.47. The molecule has 8 nitrogen and oxygen atoms in total. The molecule has 1 aliphatic heterocycles. The van der Waals surface area contributed by atoms with Crippen LogP contribution in [0.25, 0.3) is 0 Å². The number of hydrogen-bond acceptors (Lipinski definition) is 6. The summed E-state index contributed by atoms with van der Waals surface area (Å²) in [6.07, 6.45) is 2.00. The van der Waals surface area contributed by atoms with Gasteiger partial charge in [-0.05, 0) is 46.0 Å². The molecule has 1 atom stereocenters. The number of piperidine rings is 1. The molecule has 0 saturated carbocycles. The van der Waals surface area contributed by atoms with E-state index in [1.807, 2.05) is 38.1 Å². The van der Waals surface area contributed by atoms with Crippen molar-refractivity contribution in [3.63, 3.8) is 0 Å². The monoisotopic (exact) mass is 369 g/mol. The number of nitrogens with zero attached hydrogens (tertiary/aromatic N) is 7. The van der Waals surface area contributed by atoms with Crippen molar-refractivity contribution in [3.05, 3.63) is 40.2 Å². The predicted molar refractivity (Wildman–Crippen MR) is 104 cm³/mol. The third-order valence-corrected chi connectivity index (χ3v) is 4.99. The van der Waals surface area contributed by atoms with Crippen molar-refractivity contribution in [1.82, 2.24) is 24.2 Å². The highest BCUT2D eigenvalue weighted by atomic mass is 16.2. The average Bonchev–Trinajstić information content (AvgIpc) is 3.02. The van der Waals surface area contributed by atoms with Gasteiger partial charge in [-0.1, -0.05) is 6.07 Å². The molecule has 1 aliphatic rings. The van der Waals surface area contributed by atoms with Crippen molar-refractivity contribution in [3.8, 4) is 6.07 Å². The van der Waals surface area contributed by atoms with Crippen LogP contribution in [-0.2, 0) is 13.1 Å². The Kier molecular flexibility index (Phi) is 5.91. The fourth-order valence-corrected chi connectivity index (χ4v) is 3.56. The molecular weight excluding hydrogens is 342 g/mol. The number of nitriles is 1. The van der Waals surface area contributed by atoms with Crippen LogP contribution < -0.4 is 10.6 Å². The van der Waals surface area contributed by atoms with Gasteiger partial charge in [-0.15, -0.1) is 0 Å². The van der Waals surface area contributed by atoms with Crippen LogP contribution in [0.5, 0.6) is 0 Å². The third-order valence-electron chi connectivity index (χ3n) is 4.99. The fourth-order valence-electron chi connectivity index (χ4n) is 3.56. The van der Waals surface area contributed by atoms with Crippen LogP contribution in [0.2, 0.25) is 0 Å². The van der Waals surface area contributed by atoms with Crippen LogP contribution in [0.1, 0.15) is 37.2 Å². The van der Waals surface area contributed by atoms with Crippen molar-refractivity contribution in [1.29, 1.82) is 5.26 Å². The first-order valence-corrected chi connectivity index (χ1v) is 9.47. The minimum absolute atomic E-state index is 0.0314. The molecule has 3 rings (SSSR count). The summed E-state index contributed by atoms with van der Waals surface area (Å²) in [4.78, 5) is 21.4. The Balaban J connectivity index is 1.84. The molecule has 0 unspecified atom stereocenters. The van der Waals surface area contributed by atoms with Crippen molar-refractivity contribution >= 4 is 5.82 Å². The topological polar surface area (TPSA) is 83.0 Å². The van der Waals surface area contributed by atoms with E-state index < -0.39 is 0 Å². The zero-order valence-corrected chi connectivity index (χ0v) is 16.3. The minimum atomic E-state index is -0.0314. The Morgan fingerprint density at radius 2 is 2.19 bits per heavy atom. The summed E-state index contributed by atoms with van der Waals surface area (Å²) in [5.74, 6) is 1.86. The second-order valence-electron chi connectivity index (χ2n) is 7.19. The van der Waals surface area contributed by atoms with Gasteiger partial charge in [-0.2, -0.15) is 10.4 Å². The molecule has 2 aromatic rings. The van der Waals surface area contributed by atoms with Gasteiger partial charge in [0.05, 0.1) is 6.54 Å². The van der Waals surface area contributed by atoms with Crippen molar-refractivity contribution in [2.24, 2.45) is 0 Å². The van der Waals surface area contributed by atoms with E-state index >= 15 is 0 Å². The van der Waals surface area contributed by atoms with Crippen LogP contribution in [0.15, 0.2) is 23.0 Å². The summed E-state index contributed by atoms with van der Waals surface area (Å²) in [6.45, 7) is 5.63. The first-order chi connectivity index (χ1) is 13.0. The number of pyridine rings is 1. The molecule has 1 fully saturated rings. The van der Waals surface area contributed by atoms with Crippen LogP contribution in [-0.4, -0.2) is 58.0 Å². The van der Waals surface area contributed by atoms with Crippen molar-refractivity contribution in [2.75, 3.05) is 38.6 Å². The van der Waals surface area contributed by atoms with Crippen LogP contribution in [0.4, 0.5) is 5.82 Å². The van der Waals surface area contributed by atoms with Gasteiger partial charge >= 0.3 is 5.69 Å². The van der Waals surface area contributed by atoms with Gasteiger partial charge in [0.25, 0.3) is 0 Å². The van der Waals surface area contributed by atoms with Gasteiger partial charge < -0.3 is 9.80 Å². The lowest BCUT2D eigenvalue weighted by molar-refractivity contribution is 0.367.